The van der Waals surface area contributed by atoms with Crippen molar-refractivity contribution < 1.29 is 9.53 Å². The maximum Gasteiger partial charge on any atom is 0.220 e. The fraction of sp³-hybridized carbons (Fsp3) is 0.611. The smallest absolute Gasteiger partial charge is 0.220 e. The number of nitrogens with one attached hydrogen (secondary N) is 2. The lowest BCUT2D eigenvalue weighted by molar-refractivity contribution is -0.122. The van der Waals surface area contributed by atoms with Crippen molar-refractivity contribution in [2.75, 3.05) is 13.2 Å². The number of carbonyl (C=O) groups excluding carboxylic acids is 1. The minimum Gasteiger partial charge on any atom is -0.494 e. The van der Waals surface area contributed by atoms with Crippen molar-refractivity contribution in [1.82, 2.24) is 10.6 Å². The Balaban J connectivity index is 1.63. The first-order chi connectivity index (χ1) is 10.5. The molecule has 4 nitrogen and oxygen atoms in total. The number of benzene rings is 1. The molecule has 122 valence electrons. The zero-order valence-electron chi connectivity index (χ0n) is 13.9. The van der Waals surface area contributed by atoms with Crippen LogP contribution in [0.4, 0.5) is 0 Å². The molecule has 1 aliphatic rings. The molecule has 0 saturated carbocycles. The number of carbonyl (C=O) groups is 1. The number of aryl methyl sites for hydroxylation is 2. The van der Waals surface area contributed by atoms with E-state index in [1.54, 1.807) is 0 Å². The van der Waals surface area contributed by atoms with Gasteiger partial charge in [-0.3, -0.25) is 4.79 Å². The van der Waals surface area contributed by atoms with Crippen LogP contribution in [0, 0.1) is 13.8 Å². The monoisotopic (exact) mass is 304 g/mol. The van der Waals surface area contributed by atoms with Gasteiger partial charge in [0, 0.05) is 18.5 Å². The molecule has 1 aliphatic heterocycles. The minimum absolute atomic E-state index is 0.141. The Hall–Kier alpha value is -1.55. The van der Waals surface area contributed by atoms with Gasteiger partial charge in [0.2, 0.25) is 5.91 Å². The van der Waals surface area contributed by atoms with E-state index in [4.69, 9.17) is 4.74 Å². The molecular weight excluding hydrogens is 276 g/mol. The highest BCUT2D eigenvalue weighted by Crippen LogP contribution is 2.16. The Kier molecular flexibility index (Phi) is 6.25. The van der Waals surface area contributed by atoms with Crippen molar-refractivity contribution in [2.45, 2.75) is 58.5 Å². The van der Waals surface area contributed by atoms with Crippen LogP contribution in [0.15, 0.2) is 18.2 Å². The second-order valence-corrected chi connectivity index (χ2v) is 6.34. The van der Waals surface area contributed by atoms with Gasteiger partial charge in [0.15, 0.2) is 0 Å². The van der Waals surface area contributed by atoms with E-state index in [1.807, 2.05) is 12.1 Å². The molecule has 22 heavy (non-hydrogen) atoms. The Labute approximate surface area is 133 Å². The average molecular weight is 304 g/mol. The number of hydrogen-bond donors (Lipinski definition) is 2. The summed E-state index contributed by atoms with van der Waals surface area (Å²) in [4.78, 5) is 11.9. The van der Waals surface area contributed by atoms with Crippen molar-refractivity contribution in [3.8, 4) is 5.75 Å². The Morgan fingerprint density at radius 3 is 2.91 bits per heavy atom. The van der Waals surface area contributed by atoms with E-state index in [0.29, 0.717) is 25.1 Å². The fourth-order valence-corrected chi connectivity index (χ4v) is 2.79. The highest BCUT2D eigenvalue weighted by Gasteiger charge is 2.19. The molecule has 1 saturated heterocycles. The molecular formula is C18H28N2O2. The molecule has 0 spiro atoms. The molecule has 4 heteroatoms. The summed E-state index contributed by atoms with van der Waals surface area (Å²) in [6, 6.07) is 6.91. The standard InChI is InChI=1S/C18H28N2O2/c1-13-6-7-17(11-14(13)2)22-10-4-5-18(21)20-16-8-9-19-15(3)12-16/h6-7,11,15-16,19H,4-5,8-10,12H2,1-3H3,(H,20,21). The van der Waals surface area contributed by atoms with Crippen molar-refractivity contribution in [1.29, 1.82) is 0 Å². The molecule has 0 radical (unpaired) electrons. The van der Waals surface area contributed by atoms with Crippen LogP contribution in [0.25, 0.3) is 0 Å². The number of hydrogen-bond acceptors (Lipinski definition) is 3. The van der Waals surface area contributed by atoms with E-state index >= 15 is 0 Å². The first-order valence-electron chi connectivity index (χ1n) is 8.27. The largest absolute Gasteiger partial charge is 0.494 e. The summed E-state index contributed by atoms with van der Waals surface area (Å²) in [5.74, 6) is 1.03. The van der Waals surface area contributed by atoms with Crippen molar-refractivity contribution >= 4 is 5.91 Å². The van der Waals surface area contributed by atoms with Crippen LogP contribution >= 0.6 is 0 Å². The number of rotatable bonds is 6. The first kappa shape index (κ1) is 16.8. The van der Waals surface area contributed by atoms with Gasteiger partial charge in [0.05, 0.1) is 6.61 Å². The highest BCUT2D eigenvalue weighted by atomic mass is 16.5. The predicted octanol–water partition coefficient (Wildman–Crippen LogP) is 2.72. The van der Waals surface area contributed by atoms with Gasteiger partial charge in [-0.1, -0.05) is 6.07 Å². The number of piperidine rings is 1. The third-order valence-corrected chi connectivity index (χ3v) is 4.28. The van der Waals surface area contributed by atoms with Crippen LogP contribution in [0.1, 0.15) is 43.7 Å². The second kappa shape index (κ2) is 8.18. The summed E-state index contributed by atoms with van der Waals surface area (Å²) in [5, 5.41) is 6.52. The van der Waals surface area contributed by atoms with Crippen LogP contribution in [0.3, 0.4) is 0 Å². The van der Waals surface area contributed by atoms with Gasteiger partial charge in [0.1, 0.15) is 5.75 Å². The van der Waals surface area contributed by atoms with E-state index < -0.39 is 0 Å². The zero-order chi connectivity index (χ0) is 15.9. The van der Waals surface area contributed by atoms with E-state index in [2.05, 4.69) is 37.5 Å². The lowest BCUT2D eigenvalue weighted by Gasteiger charge is -2.28. The number of ether oxygens (including phenoxy) is 1. The van der Waals surface area contributed by atoms with E-state index in [0.717, 1.165) is 31.6 Å². The summed E-state index contributed by atoms with van der Waals surface area (Å²) >= 11 is 0. The van der Waals surface area contributed by atoms with E-state index in [1.165, 1.54) is 11.1 Å². The molecule has 2 N–H and O–H groups in total. The van der Waals surface area contributed by atoms with Crippen LogP contribution < -0.4 is 15.4 Å². The minimum atomic E-state index is 0.141. The molecule has 1 heterocycles. The molecule has 2 unspecified atom stereocenters. The maximum absolute atomic E-state index is 11.9. The van der Waals surface area contributed by atoms with Crippen molar-refractivity contribution in [3.05, 3.63) is 29.3 Å². The second-order valence-electron chi connectivity index (χ2n) is 6.34. The maximum atomic E-state index is 11.9. The molecule has 1 aromatic carbocycles. The lowest BCUT2D eigenvalue weighted by Crippen LogP contribution is -2.46. The molecule has 1 fully saturated rings. The Morgan fingerprint density at radius 2 is 2.18 bits per heavy atom. The van der Waals surface area contributed by atoms with Crippen LogP contribution in [-0.4, -0.2) is 31.1 Å². The van der Waals surface area contributed by atoms with Gasteiger partial charge in [-0.25, -0.2) is 0 Å². The number of amides is 1. The summed E-state index contributed by atoms with van der Waals surface area (Å²) in [6.07, 6.45) is 3.32. The quantitative estimate of drug-likeness (QED) is 0.795. The molecule has 2 atom stereocenters. The van der Waals surface area contributed by atoms with Crippen molar-refractivity contribution in [2.24, 2.45) is 0 Å². The third kappa shape index (κ3) is 5.34. The fourth-order valence-electron chi connectivity index (χ4n) is 2.79. The molecule has 0 aromatic heterocycles. The van der Waals surface area contributed by atoms with Crippen LogP contribution in [-0.2, 0) is 4.79 Å². The van der Waals surface area contributed by atoms with Gasteiger partial charge in [-0.15, -0.1) is 0 Å². The van der Waals surface area contributed by atoms with Gasteiger partial charge in [-0.05, 0) is 69.8 Å². The third-order valence-electron chi connectivity index (χ3n) is 4.28. The van der Waals surface area contributed by atoms with Gasteiger partial charge in [0.25, 0.3) is 0 Å². The van der Waals surface area contributed by atoms with Gasteiger partial charge < -0.3 is 15.4 Å². The molecule has 0 aliphatic carbocycles. The summed E-state index contributed by atoms with van der Waals surface area (Å²) in [6.45, 7) is 7.90. The molecule has 0 bridgehead atoms. The van der Waals surface area contributed by atoms with Gasteiger partial charge in [-0.2, -0.15) is 0 Å². The Bertz CT molecular complexity index is 502. The Morgan fingerprint density at radius 1 is 1.36 bits per heavy atom. The zero-order valence-corrected chi connectivity index (χ0v) is 13.9. The summed E-state index contributed by atoms with van der Waals surface area (Å²) in [7, 11) is 0. The van der Waals surface area contributed by atoms with E-state index in [9.17, 15) is 4.79 Å². The molecule has 2 rings (SSSR count). The SMILES string of the molecule is Cc1ccc(OCCCC(=O)NC2CCNC(C)C2)cc1C. The first-order valence-corrected chi connectivity index (χ1v) is 8.27. The van der Waals surface area contributed by atoms with Crippen LogP contribution in [0.5, 0.6) is 5.75 Å². The van der Waals surface area contributed by atoms with Crippen molar-refractivity contribution in [3.63, 3.8) is 0 Å². The molecule has 1 aromatic rings. The summed E-state index contributed by atoms with van der Waals surface area (Å²) in [5.41, 5.74) is 2.50. The highest BCUT2D eigenvalue weighted by molar-refractivity contribution is 5.76. The van der Waals surface area contributed by atoms with E-state index in [-0.39, 0.29) is 5.91 Å². The van der Waals surface area contributed by atoms with Gasteiger partial charge >= 0.3 is 0 Å². The summed E-state index contributed by atoms with van der Waals surface area (Å²) < 4.78 is 5.71. The molecule has 1 amide bonds. The lowest BCUT2D eigenvalue weighted by atomic mass is 10.0. The van der Waals surface area contributed by atoms with Crippen LogP contribution in [0.2, 0.25) is 0 Å². The topological polar surface area (TPSA) is 50.4 Å². The predicted molar refractivity (Wildman–Crippen MR) is 89.3 cm³/mol. The average Bonchev–Trinajstić information content (AvgIpc) is 2.47. The normalized spacial score (nSPS) is 21.4.